The van der Waals surface area contributed by atoms with Crippen molar-refractivity contribution in [1.82, 2.24) is 4.90 Å². The molecular weight excluding hydrogens is 290 g/mol. The Hall–Kier alpha value is -1.84. The Morgan fingerprint density at radius 2 is 2.00 bits per heavy atom. The van der Waals surface area contributed by atoms with Crippen molar-refractivity contribution in [3.63, 3.8) is 0 Å². The maximum absolute atomic E-state index is 12.5. The minimum absolute atomic E-state index is 0.137. The molecule has 3 rings (SSSR count). The predicted octanol–water partition coefficient (Wildman–Crippen LogP) is 3.03. The number of carbonyl (C=O) groups excluding carboxylic acids is 1. The summed E-state index contributed by atoms with van der Waals surface area (Å²) in [6.45, 7) is 3.08. The minimum atomic E-state index is -0.843. The fourth-order valence-electron chi connectivity index (χ4n) is 3.80. The number of nitrogens with zero attached hydrogens (tertiary/aromatic N) is 1. The molecule has 0 aromatic heterocycles. The molecule has 1 unspecified atom stereocenters. The Balaban J connectivity index is 1.81. The molecule has 1 aliphatic heterocycles. The zero-order valence-corrected chi connectivity index (χ0v) is 13.8. The van der Waals surface area contributed by atoms with Crippen molar-refractivity contribution < 1.29 is 14.7 Å². The van der Waals surface area contributed by atoms with Crippen LogP contribution in [-0.4, -0.2) is 35.0 Å². The standard InChI is InChI=1S/C19H25NO3/c1-14-6-2-3-7-16(14)12-19(18(22)23)10-5-11-20(13-19)17(21)15-8-4-9-15/h2-3,6-7,15H,4-5,8-13H2,1H3,(H,22,23). The second-order valence-corrected chi connectivity index (χ2v) is 7.18. The molecule has 0 bridgehead atoms. The Kier molecular flexibility index (Phi) is 4.42. The van der Waals surface area contributed by atoms with Gasteiger partial charge in [0.15, 0.2) is 0 Å². The van der Waals surface area contributed by atoms with Gasteiger partial charge in [-0.05, 0) is 50.2 Å². The van der Waals surface area contributed by atoms with Crippen LogP contribution < -0.4 is 0 Å². The summed E-state index contributed by atoms with van der Waals surface area (Å²) in [6, 6.07) is 7.95. The van der Waals surface area contributed by atoms with E-state index >= 15 is 0 Å². The van der Waals surface area contributed by atoms with Crippen LogP contribution in [0.4, 0.5) is 0 Å². The van der Waals surface area contributed by atoms with Gasteiger partial charge >= 0.3 is 5.97 Å². The number of carbonyl (C=O) groups is 2. The van der Waals surface area contributed by atoms with Crippen molar-refractivity contribution in [1.29, 1.82) is 0 Å². The molecule has 1 saturated heterocycles. The van der Waals surface area contributed by atoms with Crippen molar-refractivity contribution >= 4 is 11.9 Å². The smallest absolute Gasteiger partial charge is 0.311 e. The van der Waals surface area contributed by atoms with E-state index in [1.54, 1.807) is 0 Å². The summed E-state index contributed by atoms with van der Waals surface area (Å²) < 4.78 is 0. The zero-order valence-electron chi connectivity index (χ0n) is 13.8. The lowest BCUT2D eigenvalue weighted by atomic mass is 9.73. The number of benzene rings is 1. The molecule has 4 nitrogen and oxygen atoms in total. The molecule has 2 fully saturated rings. The van der Waals surface area contributed by atoms with Crippen LogP contribution in [0.25, 0.3) is 0 Å². The van der Waals surface area contributed by atoms with Gasteiger partial charge in [0.1, 0.15) is 0 Å². The normalized spacial score (nSPS) is 25.0. The first-order chi connectivity index (χ1) is 11.0. The molecule has 2 aliphatic rings. The lowest BCUT2D eigenvalue weighted by molar-refractivity contribution is -0.156. The molecule has 1 N–H and O–H groups in total. The lowest BCUT2D eigenvalue weighted by Gasteiger charge is -2.42. The van der Waals surface area contributed by atoms with E-state index in [1.807, 2.05) is 36.1 Å². The number of hydrogen-bond donors (Lipinski definition) is 1. The molecule has 1 atom stereocenters. The quantitative estimate of drug-likeness (QED) is 0.929. The number of hydrogen-bond acceptors (Lipinski definition) is 2. The second-order valence-electron chi connectivity index (χ2n) is 7.18. The number of carboxylic acids is 1. The lowest BCUT2D eigenvalue weighted by Crippen LogP contribution is -2.53. The molecule has 23 heavy (non-hydrogen) atoms. The highest BCUT2D eigenvalue weighted by molar-refractivity contribution is 5.82. The first-order valence-corrected chi connectivity index (χ1v) is 8.58. The van der Waals surface area contributed by atoms with E-state index in [1.165, 1.54) is 0 Å². The van der Waals surface area contributed by atoms with E-state index in [-0.39, 0.29) is 11.8 Å². The summed E-state index contributed by atoms with van der Waals surface area (Å²) in [5.74, 6) is -0.462. The average Bonchev–Trinajstić information content (AvgIpc) is 2.48. The van der Waals surface area contributed by atoms with Crippen LogP contribution >= 0.6 is 0 Å². The number of aliphatic carboxylic acids is 1. The molecule has 1 aromatic rings. The molecule has 1 aromatic carbocycles. The Bertz CT molecular complexity index is 608. The van der Waals surface area contributed by atoms with Gasteiger partial charge in [-0.1, -0.05) is 30.7 Å². The van der Waals surface area contributed by atoms with Gasteiger partial charge in [0.05, 0.1) is 5.41 Å². The van der Waals surface area contributed by atoms with Gasteiger partial charge < -0.3 is 10.0 Å². The molecule has 1 saturated carbocycles. The summed E-state index contributed by atoms with van der Waals surface area (Å²) >= 11 is 0. The maximum Gasteiger partial charge on any atom is 0.311 e. The fourth-order valence-corrected chi connectivity index (χ4v) is 3.80. The summed E-state index contributed by atoms with van der Waals surface area (Å²) in [6.07, 6.45) is 4.98. The van der Waals surface area contributed by atoms with Crippen molar-refractivity contribution in [3.05, 3.63) is 35.4 Å². The summed E-state index contributed by atoms with van der Waals surface area (Å²) in [7, 11) is 0. The Labute approximate surface area is 137 Å². The summed E-state index contributed by atoms with van der Waals surface area (Å²) in [5.41, 5.74) is 1.35. The molecule has 0 radical (unpaired) electrons. The van der Waals surface area contributed by atoms with Crippen LogP contribution in [0.15, 0.2) is 24.3 Å². The Morgan fingerprint density at radius 1 is 1.26 bits per heavy atom. The van der Waals surface area contributed by atoms with Crippen molar-refractivity contribution in [2.75, 3.05) is 13.1 Å². The molecule has 1 aliphatic carbocycles. The van der Waals surface area contributed by atoms with E-state index in [0.717, 1.165) is 36.8 Å². The van der Waals surface area contributed by atoms with Gasteiger partial charge in [0.25, 0.3) is 0 Å². The highest BCUT2D eigenvalue weighted by Gasteiger charge is 2.45. The maximum atomic E-state index is 12.5. The van der Waals surface area contributed by atoms with Gasteiger partial charge in [0.2, 0.25) is 5.91 Å². The van der Waals surface area contributed by atoms with E-state index in [4.69, 9.17) is 0 Å². The van der Waals surface area contributed by atoms with Crippen LogP contribution in [0.2, 0.25) is 0 Å². The third kappa shape index (κ3) is 3.12. The highest BCUT2D eigenvalue weighted by atomic mass is 16.4. The van der Waals surface area contributed by atoms with E-state index in [9.17, 15) is 14.7 Å². The van der Waals surface area contributed by atoms with Crippen molar-refractivity contribution in [3.8, 4) is 0 Å². The van der Waals surface area contributed by atoms with Gasteiger partial charge in [-0.15, -0.1) is 0 Å². The largest absolute Gasteiger partial charge is 0.481 e. The number of carboxylic acid groups (broad SMARTS) is 1. The second kappa shape index (κ2) is 6.34. The Morgan fingerprint density at radius 3 is 2.61 bits per heavy atom. The minimum Gasteiger partial charge on any atom is -0.481 e. The van der Waals surface area contributed by atoms with Gasteiger partial charge in [-0.25, -0.2) is 0 Å². The van der Waals surface area contributed by atoms with Gasteiger partial charge in [-0.3, -0.25) is 9.59 Å². The fraction of sp³-hybridized carbons (Fsp3) is 0.579. The molecular formula is C19H25NO3. The van der Waals surface area contributed by atoms with Crippen molar-refractivity contribution in [2.45, 2.75) is 45.4 Å². The molecule has 1 amide bonds. The zero-order chi connectivity index (χ0) is 16.4. The number of piperidine rings is 1. The average molecular weight is 315 g/mol. The third-order valence-corrected chi connectivity index (χ3v) is 5.59. The van der Waals surface area contributed by atoms with Crippen LogP contribution in [0.5, 0.6) is 0 Å². The highest BCUT2D eigenvalue weighted by Crippen LogP contribution is 2.37. The molecule has 0 spiro atoms. The first-order valence-electron chi connectivity index (χ1n) is 8.58. The molecule has 1 heterocycles. The third-order valence-electron chi connectivity index (χ3n) is 5.59. The topological polar surface area (TPSA) is 57.6 Å². The number of likely N-dealkylation sites (tertiary alicyclic amines) is 1. The van der Waals surface area contributed by atoms with E-state index in [2.05, 4.69) is 0 Å². The van der Waals surface area contributed by atoms with Crippen LogP contribution in [-0.2, 0) is 16.0 Å². The van der Waals surface area contributed by atoms with E-state index < -0.39 is 11.4 Å². The van der Waals surface area contributed by atoms with Crippen LogP contribution in [0.1, 0.15) is 43.2 Å². The van der Waals surface area contributed by atoms with Gasteiger partial charge in [-0.2, -0.15) is 0 Å². The van der Waals surface area contributed by atoms with E-state index in [0.29, 0.717) is 25.9 Å². The molecule has 4 heteroatoms. The number of rotatable bonds is 4. The van der Waals surface area contributed by atoms with Crippen molar-refractivity contribution in [2.24, 2.45) is 11.3 Å². The molecule has 124 valence electrons. The van der Waals surface area contributed by atoms with Crippen LogP contribution in [0.3, 0.4) is 0 Å². The van der Waals surface area contributed by atoms with Gasteiger partial charge in [0, 0.05) is 19.0 Å². The number of amides is 1. The number of aryl methyl sites for hydroxylation is 1. The predicted molar refractivity (Wildman–Crippen MR) is 88.1 cm³/mol. The monoisotopic (exact) mass is 315 g/mol. The SMILES string of the molecule is Cc1ccccc1CC1(C(=O)O)CCCN(C(=O)C2CCC2)C1. The van der Waals surface area contributed by atoms with Crippen LogP contribution in [0, 0.1) is 18.3 Å². The summed E-state index contributed by atoms with van der Waals surface area (Å²) in [4.78, 5) is 26.4. The first kappa shape index (κ1) is 16.0. The summed E-state index contributed by atoms with van der Waals surface area (Å²) in [5, 5.41) is 9.91.